The van der Waals surface area contributed by atoms with Crippen LogP contribution in [0.2, 0.25) is 0 Å². The molecule has 2 heterocycles. The molecular weight excluding hydrogens is 370 g/mol. The van der Waals surface area contributed by atoms with Crippen molar-refractivity contribution in [2.75, 3.05) is 32.7 Å². The molecule has 0 aliphatic carbocycles. The molecule has 1 aromatic carbocycles. The molecule has 1 aliphatic heterocycles. The second kappa shape index (κ2) is 7.94. The topological polar surface area (TPSA) is 49.6 Å². The van der Waals surface area contributed by atoms with Crippen molar-refractivity contribution in [3.8, 4) is 11.3 Å². The van der Waals surface area contributed by atoms with Gasteiger partial charge in [0.15, 0.2) is 11.7 Å². The van der Waals surface area contributed by atoms with Crippen LogP contribution in [0.25, 0.3) is 11.3 Å². The van der Waals surface area contributed by atoms with Crippen molar-refractivity contribution >= 4 is 21.8 Å². The van der Waals surface area contributed by atoms with Crippen molar-refractivity contribution < 1.29 is 9.21 Å². The summed E-state index contributed by atoms with van der Waals surface area (Å²) in [6.07, 6.45) is 2.72. The Bertz CT molecular complexity index is 693. The Balaban J connectivity index is 1.53. The van der Waals surface area contributed by atoms with Crippen molar-refractivity contribution in [1.82, 2.24) is 14.8 Å². The molecule has 1 fully saturated rings. The van der Waals surface area contributed by atoms with Crippen LogP contribution in [0.3, 0.4) is 0 Å². The van der Waals surface area contributed by atoms with Crippen molar-refractivity contribution in [1.29, 1.82) is 0 Å². The Morgan fingerprint density at radius 2 is 2.08 bits per heavy atom. The first-order valence-corrected chi connectivity index (χ1v) is 9.16. The van der Waals surface area contributed by atoms with Gasteiger partial charge in [-0.25, -0.2) is 4.98 Å². The van der Waals surface area contributed by atoms with Gasteiger partial charge in [-0.1, -0.05) is 35.0 Å². The molecule has 6 heteroatoms. The standard InChI is InChI=1S/C18H22BrN3O2/c1-2-21-8-10-22(11-9-21)18(23)7-6-17-20-13-16(24-17)14-4-3-5-15(19)12-14/h3-5,12-13H,2,6-11H2,1H3. The van der Waals surface area contributed by atoms with Crippen LogP contribution < -0.4 is 0 Å². The van der Waals surface area contributed by atoms with Crippen molar-refractivity contribution in [3.63, 3.8) is 0 Å². The monoisotopic (exact) mass is 391 g/mol. The van der Waals surface area contributed by atoms with Gasteiger partial charge in [0.1, 0.15) is 0 Å². The fraction of sp³-hybridized carbons (Fsp3) is 0.444. The van der Waals surface area contributed by atoms with E-state index in [0.717, 1.165) is 48.5 Å². The molecule has 1 amide bonds. The zero-order chi connectivity index (χ0) is 16.9. The molecule has 128 valence electrons. The SMILES string of the molecule is CCN1CCN(C(=O)CCc2ncc(-c3cccc(Br)c3)o2)CC1. The normalized spacial score (nSPS) is 15.7. The smallest absolute Gasteiger partial charge is 0.223 e. The van der Waals surface area contributed by atoms with E-state index in [1.165, 1.54) is 0 Å². The molecular formula is C18H22BrN3O2. The third-order valence-electron chi connectivity index (χ3n) is 4.39. The van der Waals surface area contributed by atoms with Crippen molar-refractivity contribution in [3.05, 3.63) is 40.8 Å². The number of halogens is 1. The molecule has 2 aromatic rings. The van der Waals surface area contributed by atoms with Crippen LogP contribution in [-0.2, 0) is 11.2 Å². The molecule has 3 rings (SSSR count). The number of oxazole rings is 1. The second-order valence-corrected chi connectivity index (χ2v) is 6.86. The first-order valence-electron chi connectivity index (χ1n) is 8.36. The van der Waals surface area contributed by atoms with Gasteiger partial charge in [0.25, 0.3) is 0 Å². The highest BCUT2D eigenvalue weighted by atomic mass is 79.9. The van der Waals surface area contributed by atoms with Crippen LogP contribution in [0.4, 0.5) is 0 Å². The van der Waals surface area contributed by atoms with Gasteiger partial charge < -0.3 is 14.2 Å². The second-order valence-electron chi connectivity index (χ2n) is 5.94. The first kappa shape index (κ1) is 17.2. The first-order chi connectivity index (χ1) is 11.7. The van der Waals surface area contributed by atoms with Gasteiger partial charge in [0, 0.05) is 49.1 Å². The van der Waals surface area contributed by atoms with Gasteiger partial charge in [-0.2, -0.15) is 0 Å². The lowest BCUT2D eigenvalue weighted by molar-refractivity contribution is -0.132. The van der Waals surface area contributed by atoms with E-state index in [4.69, 9.17) is 4.42 Å². The Kier molecular flexibility index (Phi) is 5.68. The fourth-order valence-electron chi connectivity index (χ4n) is 2.89. The van der Waals surface area contributed by atoms with Crippen LogP contribution in [0.1, 0.15) is 19.2 Å². The maximum atomic E-state index is 12.3. The van der Waals surface area contributed by atoms with Gasteiger partial charge in [-0.3, -0.25) is 4.79 Å². The maximum Gasteiger partial charge on any atom is 0.223 e. The summed E-state index contributed by atoms with van der Waals surface area (Å²) in [7, 11) is 0. The van der Waals surface area contributed by atoms with Crippen LogP contribution in [0, 0.1) is 0 Å². The molecule has 0 unspecified atom stereocenters. The number of aromatic nitrogens is 1. The molecule has 1 aromatic heterocycles. The lowest BCUT2D eigenvalue weighted by Crippen LogP contribution is -2.48. The minimum atomic E-state index is 0.188. The zero-order valence-electron chi connectivity index (χ0n) is 13.9. The number of rotatable bonds is 5. The number of hydrogen-bond donors (Lipinski definition) is 0. The predicted molar refractivity (Wildman–Crippen MR) is 96.7 cm³/mol. The van der Waals surface area contributed by atoms with E-state index in [2.05, 4.69) is 32.7 Å². The number of piperazine rings is 1. The van der Waals surface area contributed by atoms with E-state index in [9.17, 15) is 4.79 Å². The summed E-state index contributed by atoms with van der Waals surface area (Å²) in [5.74, 6) is 1.54. The summed E-state index contributed by atoms with van der Waals surface area (Å²) in [5.41, 5.74) is 0.977. The van der Waals surface area contributed by atoms with Crippen molar-refractivity contribution in [2.24, 2.45) is 0 Å². The molecule has 24 heavy (non-hydrogen) atoms. The average molecular weight is 392 g/mol. The summed E-state index contributed by atoms with van der Waals surface area (Å²) < 4.78 is 6.79. The largest absolute Gasteiger partial charge is 0.441 e. The van der Waals surface area contributed by atoms with E-state index in [0.29, 0.717) is 18.7 Å². The minimum absolute atomic E-state index is 0.188. The van der Waals surface area contributed by atoms with Gasteiger partial charge in [0.05, 0.1) is 6.20 Å². The van der Waals surface area contributed by atoms with E-state index >= 15 is 0 Å². The molecule has 5 nitrogen and oxygen atoms in total. The summed E-state index contributed by atoms with van der Waals surface area (Å²) in [5, 5.41) is 0. The number of amides is 1. The van der Waals surface area contributed by atoms with Crippen molar-refractivity contribution in [2.45, 2.75) is 19.8 Å². The van der Waals surface area contributed by atoms with Crippen LogP contribution >= 0.6 is 15.9 Å². The number of hydrogen-bond acceptors (Lipinski definition) is 4. The number of aryl methyl sites for hydroxylation is 1. The number of nitrogens with zero attached hydrogens (tertiary/aromatic N) is 3. The van der Waals surface area contributed by atoms with Gasteiger partial charge in [-0.05, 0) is 18.7 Å². The third kappa shape index (κ3) is 4.24. The number of carbonyl (C=O) groups excluding carboxylic acids is 1. The van der Waals surface area contributed by atoms with Gasteiger partial charge >= 0.3 is 0 Å². The van der Waals surface area contributed by atoms with E-state index < -0.39 is 0 Å². The summed E-state index contributed by atoms with van der Waals surface area (Å²) in [6.45, 7) is 6.78. The average Bonchev–Trinajstić information content (AvgIpc) is 3.09. The maximum absolute atomic E-state index is 12.3. The van der Waals surface area contributed by atoms with Crippen LogP contribution in [0.15, 0.2) is 39.4 Å². The lowest BCUT2D eigenvalue weighted by Gasteiger charge is -2.34. The predicted octanol–water partition coefficient (Wildman–Crippen LogP) is 3.20. The number of carbonyl (C=O) groups is 1. The molecule has 0 saturated carbocycles. The fourth-order valence-corrected chi connectivity index (χ4v) is 3.29. The lowest BCUT2D eigenvalue weighted by atomic mass is 10.2. The third-order valence-corrected chi connectivity index (χ3v) is 4.88. The minimum Gasteiger partial charge on any atom is -0.441 e. The highest BCUT2D eigenvalue weighted by Crippen LogP contribution is 2.24. The highest BCUT2D eigenvalue weighted by molar-refractivity contribution is 9.10. The summed E-state index contributed by atoms with van der Waals surface area (Å²) in [4.78, 5) is 20.9. The number of benzene rings is 1. The van der Waals surface area contributed by atoms with Gasteiger partial charge in [-0.15, -0.1) is 0 Å². The molecule has 0 atom stereocenters. The van der Waals surface area contributed by atoms with E-state index in [1.807, 2.05) is 29.2 Å². The molecule has 0 spiro atoms. The Morgan fingerprint density at radius 3 is 2.79 bits per heavy atom. The summed E-state index contributed by atoms with van der Waals surface area (Å²) in [6, 6.07) is 7.90. The van der Waals surface area contributed by atoms with Crippen LogP contribution in [0.5, 0.6) is 0 Å². The van der Waals surface area contributed by atoms with Gasteiger partial charge in [0.2, 0.25) is 5.91 Å². The zero-order valence-corrected chi connectivity index (χ0v) is 15.5. The molecule has 0 bridgehead atoms. The Hall–Kier alpha value is -1.66. The summed E-state index contributed by atoms with van der Waals surface area (Å²) >= 11 is 3.45. The Labute approximate surface area is 150 Å². The Morgan fingerprint density at radius 1 is 1.29 bits per heavy atom. The molecule has 0 N–H and O–H groups in total. The van der Waals surface area contributed by atoms with E-state index in [1.54, 1.807) is 6.20 Å². The molecule has 0 radical (unpaired) electrons. The van der Waals surface area contributed by atoms with Crippen LogP contribution in [-0.4, -0.2) is 53.4 Å². The quantitative estimate of drug-likeness (QED) is 0.784. The highest BCUT2D eigenvalue weighted by Gasteiger charge is 2.20. The van der Waals surface area contributed by atoms with E-state index in [-0.39, 0.29) is 5.91 Å². The molecule has 1 aliphatic rings. The number of likely N-dealkylation sites (N-methyl/N-ethyl adjacent to an activating group) is 1. The molecule has 1 saturated heterocycles.